The number of hydrogen-bond donors (Lipinski definition) is 1. The third kappa shape index (κ3) is 4.81. The summed E-state index contributed by atoms with van der Waals surface area (Å²) >= 11 is 1.64. The number of anilines is 2. The molecule has 2 aromatic rings. The van der Waals surface area contributed by atoms with Gasteiger partial charge in [0.2, 0.25) is 5.91 Å². The van der Waals surface area contributed by atoms with E-state index < -0.39 is 5.41 Å². The molecule has 6 heteroatoms. The number of fused-ring (bicyclic) bond motifs is 1. The first-order valence-electron chi connectivity index (χ1n) is 10.3. The van der Waals surface area contributed by atoms with Crippen LogP contribution < -0.4 is 15.0 Å². The summed E-state index contributed by atoms with van der Waals surface area (Å²) in [5, 5.41) is 2.99. The van der Waals surface area contributed by atoms with Crippen molar-refractivity contribution in [1.82, 2.24) is 0 Å². The fraction of sp³-hybridized carbons (Fsp3) is 0.417. The fourth-order valence-corrected chi connectivity index (χ4v) is 4.21. The molecule has 0 bridgehead atoms. The molecular weight excluding hydrogens is 396 g/mol. The Bertz CT molecular complexity index is 940. The molecule has 0 radical (unpaired) electrons. The topological polar surface area (TPSA) is 58.6 Å². The van der Waals surface area contributed by atoms with Crippen molar-refractivity contribution in [2.45, 2.75) is 39.5 Å². The van der Waals surface area contributed by atoms with Gasteiger partial charge in [-0.3, -0.25) is 9.59 Å². The molecule has 30 heavy (non-hydrogen) atoms. The van der Waals surface area contributed by atoms with Gasteiger partial charge in [-0.05, 0) is 55.9 Å². The molecule has 0 spiro atoms. The smallest absolute Gasteiger partial charge is 0.256 e. The standard InChI is InChI=1S/C24H30N2O3S/c1-6-30-21-10-8-7-9-18(21)22(27)25-17-11-12-20-19(13-17)26(14-16(2)3)23(28)24(4,5)15-29-20/h7-13,16H,6,14-15H2,1-5H3,(H,25,27). The van der Waals surface area contributed by atoms with Crippen LogP contribution in [0.1, 0.15) is 45.0 Å². The number of nitrogens with zero attached hydrogens (tertiary/aromatic N) is 1. The molecule has 5 nitrogen and oxygen atoms in total. The second-order valence-corrected chi connectivity index (χ2v) is 9.85. The molecule has 3 rings (SSSR count). The average molecular weight is 427 g/mol. The Labute approximate surface area is 183 Å². The minimum Gasteiger partial charge on any atom is -0.490 e. The molecule has 2 amide bonds. The van der Waals surface area contributed by atoms with Crippen LogP contribution in [0.4, 0.5) is 11.4 Å². The number of amides is 2. The van der Waals surface area contributed by atoms with Gasteiger partial charge in [0, 0.05) is 17.1 Å². The van der Waals surface area contributed by atoms with E-state index in [1.807, 2.05) is 56.3 Å². The van der Waals surface area contributed by atoms with Crippen molar-refractivity contribution in [3.63, 3.8) is 0 Å². The lowest BCUT2D eigenvalue weighted by molar-refractivity contribution is -0.127. The summed E-state index contributed by atoms with van der Waals surface area (Å²) in [6.07, 6.45) is 0. The number of nitrogens with one attached hydrogen (secondary N) is 1. The summed E-state index contributed by atoms with van der Waals surface area (Å²) in [6, 6.07) is 13.1. The van der Waals surface area contributed by atoms with Crippen LogP contribution >= 0.6 is 11.8 Å². The van der Waals surface area contributed by atoms with E-state index in [1.54, 1.807) is 16.7 Å². The summed E-state index contributed by atoms with van der Waals surface area (Å²) in [7, 11) is 0. The minimum absolute atomic E-state index is 0.0307. The van der Waals surface area contributed by atoms with Crippen molar-refractivity contribution < 1.29 is 14.3 Å². The van der Waals surface area contributed by atoms with Crippen LogP contribution in [-0.2, 0) is 4.79 Å². The fourth-order valence-electron chi connectivity index (χ4n) is 3.40. The quantitative estimate of drug-likeness (QED) is 0.623. The molecule has 0 fully saturated rings. The highest BCUT2D eigenvalue weighted by Gasteiger charge is 2.38. The monoisotopic (exact) mass is 426 g/mol. The minimum atomic E-state index is -0.617. The highest BCUT2D eigenvalue weighted by Crippen LogP contribution is 2.38. The van der Waals surface area contributed by atoms with Crippen LogP contribution in [0, 0.1) is 11.3 Å². The van der Waals surface area contributed by atoms with Crippen molar-refractivity contribution in [3.05, 3.63) is 48.0 Å². The van der Waals surface area contributed by atoms with E-state index >= 15 is 0 Å². The van der Waals surface area contributed by atoms with E-state index in [4.69, 9.17) is 4.74 Å². The van der Waals surface area contributed by atoms with E-state index in [1.165, 1.54) is 0 Å². The van der Waals surface area contributed by atoms with Gasteiger partial charge < -0.3 is 15.0 Å². The molecule has 0 aliphatic carbocycles. The first kappa shape index (κ1) is 22.2. The number of carbonyl (C=O) groups is 2. The Morgan fingerprint density at radius 2 is 1.97 bits per heavy atom. The summed E-state index contributed by atoms with van der Waals surface area (Å²) in [6.45, 7) is 10.9. The zero-order valence-electron chi connectivity index (χ0n) is 18.3. The molecule has 1 aliphatic rings. The van der Waals surface area contributed by atoms with Gasteiger partial charge in [0.1, 0.15) is 12.4 Å². The molecule has 160 valence electrons. The Balaban J connectivity index is 1.93. The van der Waals surface area contributed by atoms with Crippen LogP contribution in [0.15, 0.2) is 47.4 Å². The maximum Gasteiger partial charge on any atom is 0.256 e. The largest absolute Gasteiger partial charge is 0.490 e. The lowest BCUT2D eigenvalue weighted by Crippen LogP contribution is -2.43. The number of carbonyl (C=O) groups excluding carboxylic acids is 2. The average Bonchev–Trinajstić information content (AvgIpc) is 2.79. The van der Waals surface area contributed by atoms with Gasteiger partial charge in [-0.2, -0.15) is 0 Å². The molecule has 0 saturated heterocycles. The zero-order chi connectivity index (χ0) is 21.9. The van der Waals surface area contributed by atoms with E-state index in [9.17, 15) is 9.59 Å². The molecule has 2 aromatic carbocycles. The van der Waals surface area contributed by atoms with Crippen molar-refractivity contribution in [2.24, 2.45) is 11.3 Å². The van der Waals surface area contributed by atoms with E-state index in [0.717, 1.165) is 10.6 Å². The van der Waals surface area contributed by atoms with Crippen molar-refractivity contribution in [3.8, 4) is 5.75 Å². The predicted molar refractivity (Wildman–Crippen MR) is 124 cm³/mol. The third-order valence-corrected chi connectivity index (χ3v) is 5.86. The van der Waals surface area contributed by atoms with E-state index in [2.05, 4.69) is 26.1 Å². The summed E-state index contributed by atoms with van der Waals surface area (Å²) in [5.74, 6) is 1.72. The Morgan fingerprint density at radius 1 is 1.23 bits per heavy atom. The predicted octanol–water partition coefficient (Wildman–Crippen LogP) is 5.46. The van der Waals surface area contributed by atoms with E-state index in [0.29, 0.717) is 41.8 Å². The highest BCUT2D eigenvalue weighted by molar-refractivity contribution is 7.99. The lowest BCUT2D eigenvalue weighted by atomic mass is 9.92. The molecule has 0 aromatic heterocycles. The van der Waals surface area contributed by atoms with Gasteiger partial charge in [-0.15, -0.1) is 11.8 Å². The van der Waals surface area contributed by atoms with Gasteiger partial charge in [0.15, 0.2) is 0 Å². The molecule has 0 atom stereocenters. The van der Waals surface area contributed by atoms with Gasteiger partial charge in [-0.25, -0.2) is 0 Å². The molecule has 0 unspecified atom stereocenters. The second kappa shape index (κ2) is 9.13. The third-order valence-electron chi connectivity index (χ3n) is 4.90. The lowest BCUT2D eigenvalue weighted by Gasteiger charge is -2.29. The Kier molecular flexibility index (Phi) is 6.76. The van der Waals surface area contributed by atoms with Crippen LogP contribution in [0.25, 0.3) is 0 Å². The SMILES string of the molecule is CCSc1ccccc1C(=O)Nc1ccc2c(c1)N(CC(C)C)C(=O)C(C)(C)CO2. The number of hydrogen-bond acceptors (Lipinski definition) is 4. The van der Waals surface area contributed by atoms with Gasteiger partial charge >= 0.3 is 0 Å². The van der Waals surface area contributed by atoms with Crippen LogP contribution in [-0.4, -0.2) is 30.7 Å². The summed E-state index contributed by atoms with van der Waals surface area (Å²) in [5.41, 5.74) is 1.37. The first-order valence-corrected chi connectivity index (χ1v) is 11.3. The van der Waals surface area contributed by atoms with Crippen molar-refractivity contribution in [1.29, 1.82) is 0 Å². The van der Waals surface area contributed by atoms with Crippen LogP contribution in [0.2, 0.25) is 0 Å². The molecule has 1 heterocycles. The van der Waals surface area contributed by atoms with Crippen molar-refractivity contribution in [2.75, 3.05) is 29.1 Å². The van der Waals surface area contributed by atoms with Gasteiger partial charge in [0.25, 0.3) is 5.91 Å². The molecule has 1 aliphatic heterocycles. The van der Waals surface area contributed by atoms with Gasteiger partial charge in [-0.1, -0.05) is 32.9 Å². The number of rotatable bonds is 6. The van der Waals surface area contributed by atoms with Crippen LogP contribution in [0.3, 0.4) is 0 Å². The number of thioether (sulfide) groups is 1. The normalized spacial score (nSPS) is 15.4. The Morgan fingerprint density at radius 3 is 2.67 bits per heavy atom. The number of ether oxygens (including phenoxy) is 1. The highest BCUT2D eigenvalue weighted by atomic mass is 32.2. The van der Waals surface area contributed by atoms with Crippen molar-refractivity contribution >= 4 is 35.0 Å². The maximum atomic E-state index is 13.2. The maximum absolute atomic E-state index is 13.2. The molecule has 0 saturated carbocycles. The first-order chi connectivity index (χ1) is 14.2. The zero-order valence-corrected chi connectivity index (χ0v) is 19.1. The molecule has 1 N–H and O–H groups in total. The van der Waals surface area contributed by atoms with E-state index in [-0.39, 0.29) is 11.8 Å². The Hall–Kier alpha value is -2.47. The summed E-state index contributed by atoms with van der Waals surface area (Å²) < 4.78 is 5.96. The number of benzene rings is 2. The molecular formula is C24H30N2O3S. The van der Waals surface area contributed by atoms with Gasteiger partial charge in [0.05, 0.1) is 16.7 Å². The summed E-state index contributed by atoms with van der Waals surface area (Å²) in [4.78, 5) is 28.9. The van der Waals surface area contributed by atoms with Crippen LogP contribution in [0.5, 0.6) is 5.75 Å². The second-order valence-electron chi connectivity index (χ2n) is 8.55.